The lowest BCUT2D eigenvalue weighted by molar-refractivity contribution is -0.386. The third-order valence-corrected chi connectivity index (χ3v) is 4.81. The van der Waals surface area contributed by atoms with Crippen molar-refractivity contribution in [1.82, 2.24) is 20.4 Å². The molecule has 1 aromatic rings. The Morgan fingerprint density at radius 3 is 2.46 bits per heavy atom. The Kier molecular flexibility index (Phi) is 9.58. The van der Waals surface area contributed by atoms with Crippen molar-refractivity contribution in [2.45, 2.75) is 71.4 Å². The highest BCUT2D eigenvalue weighted by Crippen LogP contribution is 2.21. The van der Waals surface area contributed by atoms with Crippen LogP contribution in [0.15, 0.2) is 0 Å². The van der Waals surface area contributed by atoms with Crippen molar-refractivity contribution in [3.05, 3.63) is 21.5 Å². The van der Waals surface area contributed by atoms with Crippen LogP contribution >= 0.6 is 12.4 Å². The van der Waals surface area contributed by atoms with Crippen LogP contribution in [-0.2, 0) is 11.3 Å². The third-order valence-electron chi connectivity index (χ3n) is 4.81. The summed E-state index contributed by atoms with van der Waals surface area (Å²) in [6.07, 6.45) is 7.97. The zero-order valence-electron chi connectivity index (χ0n) is 15.6. The Bertz CT molecular complexity index is 597. The van der Waals surface area contributed by atoms with E-state index >= 15 is 0 Å². The van der Waals surface area contributed by atoms with Crippen LogP contribution < -0.4 is 10.6 Å². The topological polar surface area (TPSA) is 102 Å². The van der Waals surface area contributed by atoms with Gasteiger partial charge in [0.1, 0.15) is 11.4 Å². The van der Waals surface area contributed by atoms with Crippen molar-refractivity contribution < 1.29 is 9.72 Å². The van der Waals surface area contributed by atoms with Crippen LogP contribution in [0.25, 0.3) is 0 Å². The Balaban J connectivity index is 0.00000338. The molecule has 0 aromatic carbocycles. The van der Waals surface area contributed by atoms with Gasteiger partial charge in [0.2, 0.25) is 5.91 Å². The van der Waals surface area contributed by atoms with Gasteiger partial charge in [-0.3, -0.25) is 19.6 Å². The van der Waals surface area contributed by atoms with Crippen LogP contribution in [0.4, 0.5) is 5.69 Å². The normalized spacial score (nSPS) is 15.2. The maximum atomic E-state index is 11.9. The fourth-order valence-electron chi connectivity index (χ4n) is 3.43. The maximum Gasteiger partial charge on any atom is 0.312 e. The summed E-state index contributed by atoms with van der Waals surface area (Å²) in [6, 6.07) is 0.578. The lowest BCUT2D eigenvalue weighted by atomic mass is 10.1. The predicted octanol–water partition coefficient (Wildman–Crippen LogP) is 2.65. The summed E-state index contributed by atoms with van der Waals surface area (Å²) in [4.78, 5) is 22.5. The molecule has 0 bridgehead atoms. The smallest absolute Gasteiger partial charge is 0.312 e. The van der Waals surface area contributed by atoms with E-state index in [1.54, 1.807) is 13.8 Å². The molecule has 2 N–H and O–H groups in total. The minimum atomic E-state index is -0.423. The van der Waals surface area contributed by atoms with Crippen molar-refractivity contribution in [3.63, 3.8) is 0 Å². The van der Waals surface area contributed by atoms with Gasteiger partial charge in [-0.05, 0) is 26.7 Å². The van der Waals surface area contributed by atoms with Gasteiger partial charge in [-0.1, -0.05) is 25.7 Å². The number of halogens is 1. The number of aromatic nitrogens is 2. The van der Waals surface area contributed by atoms with Gasteiger partial charge in [0.05, 0.1) is 11.5 Å². The molecule has 26 heavy (non-hydrogen) atoms. The number of nitrogens with zero attached hydrogens (tertiary/aromatic N) is 3. The molecule has 0 saturated heterocycles. The van der Waals surface area contributed by atoms with Gasteiger partial charge >= 0.3 is 5.69 Å². The van der Waals surface area contributed by atoms with Crippen LogP contribution in [0.2, 0.25) is 0 Å². The molecule has 8 nitrogen and oxygen atoms in total. The fourth-order valence-corrected chi connectivity index (χ4v) is 3.43. The van der Waals surface area contributed by atoms with Crippen LogP contribution in [0, 0.1) is 24.0 Å². The van der Waals surface area contributed by atoms with E-state index in [9.17, 15) is 14.9 Å². The molecule has 2 rings (SSSR count). The molecular formula is C17H30ClN5O3. The molecular weight excluding hydrogens is 358 g/mol. The summed E-state index contributed by atoms with van der Waals surface area (Å²) in [5.74, 6) is -0.0575. The van der Waals surface area contributed by atoms with E-state index in [1.807, 2.05) is 0 Å². The number of nitro groups is 1. The van der Waals surface area contributed by atoms with E-state index in [0.717, 1.165) is 6.54 Å². The molecule has 1 aromatic heterocycles. The minimum Gasteiger partial charge on any atom is -0.355 e. The molecule has 0 unspecified atom stereocenters. The van der Waals surface area contributed by atoms with E-state index < -0.39 is 4.92 Å². The Labute approximate surface area is 160 Å². The van der Waals surface area contributed by atoms with Crippen LogP contribution in [-0.4, -0.2) is 39.7 Å². The van der Waals surface area contributed by atoms with Gasteiger partial charge in [-0.15, -0.1) is 12.4 Å². The summed E-state index contributed by atoms with van der Waals surface area (Å²) in [7, 11) is 0. The number of hydrogen-bond donors (Lipinski definition) is 2. The van der Waals surface area contributed by atoms with Crippen molar-refractivity contribution in [3.8, 4) is 0 Å². The van der Waals surface area contributed by atoms with Crippen molar-refractivity contribution >= 4 is 24.0 Å². The predicted molar refractivity (Wildman–Crippen MR) is 103 cm³/mol. The highest BCUT2D eigenvalue weighted by Gasteiger charge is 2.21. The van der Waals surface area contributed by atoms with E-state index in [0.29, 0.717) is 30.5 Å². The van der Waals surface area contributed by atoms with Crippen LogP contribution in [0.5, 0.6) is 0 Å². The third kappa shape index (κ3) is 6.57. The second kappa shape index (κ2) is 11.1. The maximum absolute atomic E-state index is 11.9. The largest absolute Gasteiger partial charge is 0.355 e. The Morgan fingerprint density at radius 1 is 1.23 bits per heavy atom. The van der Waals surface area contributed by atoms with Gasteiger partial charge in [0, 0.05) is 25.6 Å². The standard InChI is InChI=1S/C17H29N5O3.ClH/c1-13-17(22(24)25)14(2)21(20-13)12-9-16(23)19-11-10-18-15-7-5-3-4-6-8-15;/h15,18H,3-12H2,1-2H3,(H,19,23);1H. The molecule has 0 spiro atoms. The number of carbonyl (C=O) groups is 1. The summed E-state index contributed by atoms with van der Waals surface area (Å²) in [5.41, 5.74) is 0.911. The number of nitrogens with one attached hydrogen (secondary N) is 2. The molecule has 1 aliphatic carbocycles. The molecule has 148 valence electrons. The molecule has 0 atom stereocenters. The molecule has 9 heteroatoms. The zero-order chi connectivity index (χ0) is 18.2. The molecule has 1 fully saturated rings. The number of carbonyl (C=O) groups excluding carboxylic acids is 1. The number of aryl methyl sites for hydroxylation is 2. The monoisotopic (exact) mass is 387 g/mol. The van der Waals surface area contributed by atoms with E-state index in [2.05, 4.69) is 15.7 Å². The van der Waals surface area contributed by atoms with Gasteiger partial charge < -0.3 is 10.6 Å². The average molecular weight is 388 g/mol. The van der Waals surface area contributed by atoms with E-state index in [-0.39, 0.29) is 30.4 Å². The van der Waals surface area contributed by atoms with Gasteiger partial charge in [-0.25, -0.2) is 0 Å². The first kappa shape index (κ1) is 22.4. The number of rotatable bonds is 8. The highest BCUT2D eigenvalue weighted by atomic mass is 35.5. The fraction of sp³-hybridized carbons (Fsp3) is 0.765. The second-order valence-electron chi connectivity index (χ2n) is 6.74. The molecule has 1 saturated carbocycles. The van der Waals surface area contributed by atoms with Crippen molar-refractivity contribution in [2.24, 2.45) is 0 Å². The first-order valence-corrected chi connectivity index (χ1v) is 9.17. The molecule has 0 aliphatic heterocycles. The quantitative estimate of drug-likeness (QED) is 0.309. The summed E-state index contributed by atoms with van der Waals surface area (Å²) in [6.45, 7) is 5.00. The minimum absolute atomic E-state index is 0. The van der Waals surface area contributed by atoms with Crippen molar-refractivity contribution in [1.29, 1.82) is 0 Å². The van der Waals surface area contributed by atoms with Crippen molar-refractivity contribution in [2.75, 3.05) is 13.1 Å². The van der Waals surface area contributed by atoms with Gasteiger partial charge in [0.25, 0.3) is 0 Å². The lowest BCUT2D eigenvalue weighted by Gasteiger charge is -2.16. The van der Waals surface area contributed by atoms with E-state index in [1.165, 1.54) is 43.2 Å². The highest BCUT2D eigenvalue weighted by molar-refractivity contribution is 5.85. The molecule has 1 heterocycles. The number of amides is 1. The molecule has 0 radical (unpaired) electrons. The molecule has 1 aliphatic rings. The zero-order valence-corrected chi connectivity index (χ0v) is 16.4. The Hall–Kier alpha value is -1.67. The summed E-state index contributed by atoms with van der Waals surface area (Å²) in [5, 5.41) is 21.6. The second-order valence-corrected chi connectivity index (χ2v) is 6.74. The Morgan fingerprint density at radius 2 is 1.88 bits per heavy atom. The lowest BCUT2D eigenvalue weighted by Crippen LogP contribution is -2.37. The first-order chi connectivity index (χ1) is 12.0. The van der Waals surface area contributed by atoms with Crippen LogP contribution in [0.3, 0.4) is 0 Å². The van der Waals surface area contributed by atoms with Gasteiger partial charge in [-0.2, -0.15) is 5.10 Å². The first-order valence-electron chi connectivity index (χ1n) is 9.17. The summed E-state index contributed by atoms with van der Waals surface area (Å²) < 4.78 is 1.54. The number of hydrogen-bond acceptors (Lipinski definition) is 5. The molecule has 1 amide bonds. The summed E-state index contributed by atoms with van der Waals surface area (Å²) >= 11 is 0. The van der Waals surface area contributed by atoms with E-state index in [4.69, 9.17) is 0 Å². The van der Waals surface area contributed by atoms with Crippen LogP contribution in [0.1, 0.15) is 56.3 Å². The SMILES string of the molecule is Cc1nn(CCC(=O)NCCNC2CCCCCC2)c(C)c1[N+](=O)[O-].Cl. The van der Waals surface area contributed by atoms with Gasteiger partial charge in [0.15, 0.2) is 0 Å². The average Bonchev–Trinajstić information content (AvgIpc) is 2.74.